The SMILES string of the molecule is COc1ccc2[nH]c(C)c(CCNS(=O)(=O)c3c(C)n[nH]c3C)c2c1. The second kappa shape index (κ2) is 6.53. The van der Waals surface area contributed by atoms with Gasteiger partial charge in [0.05, 0.1) is 18.5 Å². The van der Waals surface area contributed by atoms with Gasteiger partial charge in [0.15, 0.2) is 0 Å². The lowest BCUT2D eigenvalue weighted by Crippen LogP contribution is -2.27. The molecule has 134 valence electrons. The van der Waals surface area contributed by atoms with E-state index < -0.39 is 10.0 Å². The third kappa shape index (κ3) is 3.27. The number of aryl methyl sites for hydroxylation is 3. The van der Waals surface area contributed by atoms with Gasteiger partial charge in [0, 0.05) is 23.1 Å². The van der Waals surface area contributed by atoms with Crippen molar-refractivity contribution < 1.29 is 13.2 Å². The van der Waals surface area contributed by atoms with Gasteiger partial charge in [-0.2, -0.15) is 5.10 Å². The maximum absolute atomic E-state index is 12.5. The van der Waals surface area contributed by atoms with Crippen molar-refractivity contribution in [2.45, 2.75) is 32.1 Å². The van der Waals surface area contributed by atoms with Crippen LogP contribution in [0.4, 0.5) is 0 Å². The molecule has 0 unspecified atom stereocenters. The molecule has 3 aromatic rings. The second-order valence-electron chi connectivity index (χ2n) is 6.05. The van der Waals surface area contributed by atoms with Crippen LogP contribution >= 0.6 is 0 Å². The maximum Gasteiger partial charge on any atom is 0.244 e. The van der Waals surface area contributed by atoms with Gasteiger partial charge >= 0.3 is 0 Å². The highest BCUT2D eigenvalue weighted by Gasteiger charge is 2.22. The first kappa shape index (κ1) is 17.5. The predicted octanol–water partition coefficient (Wildman–Crippen LogP) is 2.35. The number of nitrogens with zero attached hydrogens (tertiary/aromatic N) is 1. The van der Waals surface area contributed by atoms with Crippen LogP contribution in [0.25, 0.3) is 10.9 Å². The smallest absolute Gasteiger partial charge is 0.244 e. The molecule has 0 bridgehead atoms. The molecule has 0 saturated carbocycles. The predicted molar refractivity (Wildman–Crippen MR) is 96.5 cm³/mol. The number of rotatable bonds is 6. The van der Waals surface area contributed by atoms with Crippen LogP contribution in [0.5, 0.6) is 5.75 Å². The first-order valence-electron chi connectivity index (χ1n) is 8.00. The molecule has 0 atom stereocenters. The van der Waals surface area contributed by atoms with Crippen molar-refractivity contribution in [3.8, 4) is 5.75 Å². The summed E-state index contributed by atoms with van der Waals surface area (Å²) in [6, 6.07) is 5.83. The van der Waals surface area contributed by atoms with Crippen LogP contribution in [0, 0.1) is 20.8 Å². The second-order valence-corrected chi connectivity index (χ2v) is 7.75. The Kier molecular flexibility index (Phi) is 4.57. The van der Waals surface area contributed by atoms with E-state index in [2.05, 4.69) is 19.9 Å². The molecule has 0 amide bonds. The summed E-state index contributed by atoms with van der Waals surface area (Å²) in [6.45, 7) is 5.66. The molecule has 0 fully saturated rings. The summed E-state index contributed by atoms with van der Waals surface area (Å²) in [4.78, 5) is 3.55. The van der Waals surface area contributed by atoms with Crippen LogP contribution in [-0.2, 0) is 16.4 Å². The Morgan fingerprint density at radius 1 is 1.20 bits per heavy atom. The number of hydrogen-bond donors (Lipinski definition) is 3. The lowest BCUT2D eigenvalue weighted by molar-refractivity contribution is 0.415. The van der Waals surface area contributed by atoms with Crippen molar-refractivity contribution in [3.05, 3.63) is 40.8 Å². The quantitative estimate of drug-likeness (QED) is 0.627. The van der Waals surface area contributed by atoms with E-state index in [4.69, 9.17) is 4.74 Å². The summed E-state index contributed by atoms with van der Waals surface area (Å²) in [6.07, 6.45) is 0.578. The van der Waals surface area contributed by atoms with Gasteiger partial charge in [-0.25, -0.2) is 13.1 Å². The van der Waals surface area contributed by atoms with Crippen molar-refractivity contribution >= 4 is 20.9 Å². The number of hydrogen-bond acceptors (Lipinski definition) is 4. The highest BCUT2D eigenvalue weighted by Crippen LogP contribution is 2.26. The number of fused-ring (bicyclic) bond motifs is 1. The Labute approximate surface area is 146 Å². The number of ether oxygens (including phenoxy) is 1. The molecule has 0 aliphatic rings. The Bertz CT molecular complexity index is 999. The number of aromatic amines is 2. The van der Waals surface area contributed by atoms with Gasteiger partial charge in [-0.05, 0) is 51.0 Å². The number of nitrogens with one attached hydrogen (secondary N) is 3. The van der Waals surface area contributed by atoms with Gasteiger partial charge in [-0.15, -0.1) is 0 Å². The summed E-state index contributed by atoms with van der Waals surface area (Å²) in [5, 5.41) is 7.70. The monoisotopic (exact) mass is 362 g/mol. The Morgan fingerprint density at radius 2 is 1.96 bits per heavy atom. The van der Waals surface area contributed by atoms with Crippen LogP contribution < -0.4 is 9.46 Å². The first-order valence-corrected chi connectivity index (χ1v) is 9.48. The van der Waals surface area contributed by atoms with Crippen molar-refractivity contribution in [1.29, 1.82) is 0 Å². The highest BCUT2D eigenvalue weighted by atomic mass is 32.2. The van der Waals surface area contributed by atoms with Gasteiger partial charge < -0.3 is 9.72 Å². The molecule has 8 heteroatoms. The van der Waals surface area contributed by atoms with E-state index >= 15 is 0 Å². The molecule has 2 aromatic heterocycles. The number of benzene rings is 1. The van der Waals surface area contributed by atoms with E-state index in [0.717, 1.165) is 27.9 Å². The molecular formula is C17H22N4O3S. The third-order valence-electron chi connectivity index (χ3n) is 4.32. The van der Waals surface area contributed by atoms with Crippen molar-refractivity contribution in [2.24, 2.45) is 0 Å². The largest absolute Gasteiger partial charge is 0.497 e. The molecule has 0 radical (unpaired) electrons. The summed E-state index contributed by atoms with van der Waals surface area (Å²) in [7, 11) is -1.96. The van der Waals surface area contributed by atoms with Gasteiger partial charge in [-0.1, -0.05) is 0 Å². The third-order valence-corrected chi connectivity index (χ3v) is 6.05. The van der Waals surface area contributed by atoms with Crippen molar-refractivity contribution in [3.63, 3.8) is 0 Å². The number of H-pyrrole nitrogens is 2. The van der Waals surface area contributed by atoms with Crippen molar-refractivity contribution in [2.75, 3.05) is 13.7 Å². The number of sulfonamides is 1. The fourth-order valence-corrected chi connectivity index (χ4v) is 4.53. The van der Waals surface area contributed by atoms with Crippen molar-refractivity contribution in [1.82, 2.24) is 19.9 Å². The Balaban J connectivity index is 1.80. The van der Waals surface area contributed by atoms with E-state index in [1.807, 2.05) is 25.1 Å². The normalized spacial score (nSPS) is 12.0. The molecule has 25 heavy (non-hydrogen) atoms. The van der Waals surface area contributed by atoms with Gasteiger partial charge in [0.25, 0.3) is 0 Å². The average molecular weight is 362 g/mol. The maximum atomic E-state index is 12.5. The zero-order valence-electron chi connectivity index (χ0n) is 14.7. The van der Waals surface area contributed by atoms with Crippen LogP contribution in [-0.4, -0.2) is 37.3 Å². The summed E-state index contributed by atoms with van der Waals surface area (Å²) in [5.41, 5.74) is 4.13. The van der Waals surface area contributed by atoms with Gasteiger partial charge in [0.2, 0.25) is 10.0 Å². The number of methoxy groups -OCH3 is 1. The molecule has 1 aromatic carbocycles. The molecule has 2 heterocycles. The van der Waals surface area contributed by atoms with E-state index in [0.29, 0.717) is 24.4 Å². The minimum absolute atomic E-state index is 0.227. The molecule has 0 aliphatic carbocycles. The van der Waals surface area contributed by atoms with E-state index in [1.165, 1.54) is 0 Å². The zero-order chi connectivity index (χ0) is 18.2. The van der Waals surface area contributed by atoms with Gasteiger partial charge in [-0.3, -0.25) is 5.10 Å². The fraction of sp³-hybridized carbons (Fsp3) is 0.353. The Hall–Kier alpha value is -2.32. The van der Waals surface area contributed by atoms with Crippen LogP contribution in [0.1, 0.15) is 22.6 Å². The van der Waals surface area contributed by atoms with E-state index in [9.17, 15) is 8.42 Å². The zero-order valence-corrected chi connectivity index (χ0v) is 15.5. The minimum Gasteiger partial charge on any atom is -0.497 e. The Morgan fingerprint density at radius 3 is 2.60 bits per heavy atom. The molecule has 7 nitrogen and oxygen atoms in total. The topological polar surface area (TPSA) is 99.9 Å². The standard InChI is InChI=1S/C17H22N4O3S/c1-10-14(15-9-13(24-4)5-6-16(15)19-10)7-8-18-25(22,23)17-11(2)20-21-12(17)3/h5-6,9,18-19H,7-8H2,1-4H3,(H,20,21). The summed E-state index contributed by atoms with van der Waals surface area (Å²) < 4.78 is 33.0. The molecule has 0 saturated heterocycles. The highest BCUT2D eigenvalue weighted by molar-refractivity contribution is 7.89. The lowest BCUT2D eigenvalue weighted by Gasteiger charge is -2.07. The van der Waals surface area contributed by atoms with Gasteiger partial charge in [0.1, 0.15) is 10.6 Å². The molecule has 3 N–H and O–H groups in total. The molecule has 0 aliphatic heterocycles. The fourth-order valence-electron chi connectivity index (χ4n) is 3.13. The van der Waals surface area contributed by atoms with Crippen LogP contribution in [0.2, 0.25) is 0 Å². The summed E-state index contributed by atoms with van der Waals surface area (Å²) >= 11 is 0. The minimum atomic E-state index is -3.59. The molecule has 3 rings (SSSR count). The van der Waals surface area contributed by atoms with Crippen LogP contribution in [0.15, 0.2) is 23.1 Å². The van der Waals surface area contributed by atoms with E-state index in [1.54, 1.807) is 21.0 Å². The lowest BCUT2D eigenvalue weighted by atomic mass is 10.1. The molecule has 0 spiro atoms. The van der Waals surface area contributed by atoms with Crippen LogP contribution in [0.3, 0.4) is 0 Å². The average Bonchev–Trinajstić information content (AvgIpc) is 3.06. The molecular weight excluding hydrogens is 340 g/mol. The summed E-state index contributed by atoms with van der Waals surface area (Å²) in [5.74, 6) is 0.776. The van der Waals surface area contributed by atoms with E-state index in [-0.39, 0.29) is 4.90 Å². The number of aromatic nitrogens is 3. The first-order chi connectivity index (χ1) is 11.8.